The predicted octanol–water partition coefficient (Wildman–Crippen LogP) is 2.80. The number of nitrogens with zero attached hydrogens (tertiary/aromatic N) is 5. The largest absolute Gasteiger partial charge is 0.382 e. The summed E-state index contributed by atoms with van der Waals surface area (Å²) in [5.41, 5.74) is 7.31. The van der Waals surface area contributed by atoms with Gasteiger partial charge in [0.2, 0.25) is 5.95 Å². The molecule has 0 aliphatic carbocycles. The minimum atomic E-state index is 0.357. The molecule has 0 fully saturated rings. The van der Waals surface area contributed by atoms with Crippen molar-refractivity contribution in [3.05, 3.63) is 41.0 Å². The summed E-state index contributed by atoms with van der Waals surface area (Å²) in [6.45, 7) is 0.665. The number of nitrogens with one attached hydrogen (secondary N) is 1. The quantitative estimate of drug-likeness (QED) is 0.588. The fourth-order valence-corrected chi connectivity index (χ4v) is 3.57. The van der Waals surface area contributed by atoms with Crippen LogP contribution < -0.4 is 11.1 Å². The number of rotatable bonds is 4. The van der Waals surface area contributed by atoms with Gasteiger partial charge in [-0.15, -0.1) is 11.3 Å². The first kappa shape index (κ1) is 14.0. The molecule has 0 saturated carbocycles. The van der Waals surface area contributed by atoms with Gasteiger partial charge in [0.25, 0.3) is 0 Å². The summed E-state index contributed by atoms with van der Waals surface area (Å²) in [4.78, 5) is 23.5. The molecule has 4 aromatic rings. The van der Waals surface area contributed by atoms with Crippen molar-refractivity contribution in [1.82, 2.24) is 24.9 Å². The van der Waals surface area contributed by atoms with Crippen molar-refractivity contribution in [2.75, 3.05) is 11.1 Å². The molecule has 0 atom stereocenters. The Bertz CT molecular complexity index is 935. The molecule has 0 bridgehead atoms. The maximum atomic E-state index is 6.02. The van der Waals surface area contributed by atoms with E-state index in [1.807, 2.05) is 11.4 Å². The molecule has 9 heteroatoms. The van der Waals surface area contributed by atoms with Crippen LogP contribution in [0.2, 0.25) is 0 Å². The molecule has 0 aliphatic rings. The highest BCUT2D eigenvalue weighted by Gasteiger charge is 2.13. The van der Waals surface area contributed by atoms with E-state index in [4.69, 9.17) is 5.73 Å². The Balaban J connectivity index is 1.67. The van der Waals surface area contributed by atoms with E-state index in [1.54, 1.807) is 29.9 Å². The molecule has 0 aliphatic heterocycles. The van der Waals surface area contributed by atoms with Crippen molar-refractivity contribution < 1.29 is 0 Å². The van der Waals surface area contributed by atoms with E-state index >= 15 is 0 Å². The van der Waals surface area contributed by atoms with Gasteiger partial charge in [0.05, 0.1) is 12.7 Å². The molecule has 0 saturated heterocycles. The Hall–Kier alpha value is -2.65. The van der Waals surface area contributed by atoms with Gasteiger partial charge in [0, 0.05) is 17.3 Å². The van der Waals surface area contributed by atoms with Crippen LogP contribution in [0.25, 0.3) is 21.0 Å². The zero-order valence-corrected chi connectivity index (χ0v) is 13.4. The zero-order valence-electron chi connectivity index (χ0n) is 11.8. The molecule has 4 heterocycles. The Kier molecular flexibility index (Phi) is 3.56. The maximum Gasteiger partial charge on any atom is 0.226 e. The van der Waals surface area contributed by atoms with E-state index in [9.17, 15) is 0 Å². The lowest BCUT2D eigenvalue weighted by molar-refractivity contribution is 1.10. The first-order valence-corrected chi connectivity index (χ1v) is 8.46. The Labute approximate surface area is 139 Å². The van der Waals surface area contributed by atoms with Gasteiger partial charge >= 0.3 is 0 Å². The van der Waals surface area contributed by atoms with Crippen LogP contribution in [-0.4, -0.2) is 24.9 Å². The lowest BCUT2D eigenvalue weighted by Crippen LogP contribution is -2.04. The molecule has 3 N–H and O–H groups in total. The minimum absolute atomic E-state index is 0.357. The third kappa shape index (κ3) is 2.83. The summed E-state index contributed by atoms with van der Waals surface area (Å²) in [6, 6.07) is 4.06. The number of hydrogen-bond donors (Lipinski definition) is 2. The number of hydrogen-bond acceptors (Lipinski definition) is 9. The van der Waals surface area contributed by atoms with Gasteiger partial charge in [0.1, 0.15) is 16.2 Å². The van der Waals surface area contributed by atoms with Crippen molar-refractivity contribution in [3.63, 3.8) is 0 Å². The molecule has 0 amide bonds. The molecule has 23 heavy (non-hydrogen) atoms. The molecule has 4 aromatic heterocycles. The zero-order chi connectivity index (χ0) is 15.6. The monoisotopic (exact) mass is 341 g/mol. The number of anilines is 2. The van der Waals surface area contributed by atoms with E-state index in [-0.39, 0.29) is 0 Å². The van der Waals surface area contributed by atoms with Gasteiger partial charge in [-0.3, -0.25) is 9.97 Å². The van der Waals surface area contributed by atoms with E-state index in [0.717, 1.165) is 9.84 Å². The molecular formula is C14H11N7S2. The number of aromatic nitrogens is 5. The summed E-state index contributed by atoms with van der Waals surface area (Å²) in [5.74, 6) is 0.854. The standard InChI is InChI=1S/C14H11N7S2/c15-11-10-13(23-12(19-10)9-7-16-3-4-17-9)21-14(20-11)18-6-8-2-1-5-22-8/h1-5,7H,6H2,(H3,15,18,20,21). The van der Waals surface area contributed by atoms with Crippen LogP contribution in [0.1, 0.15) is 4.88 Å². The highest BCUT2D eigenvalue weighted by atomic mass is 32.1. The second-order valence-electron chi connectivity index (χ2n) is 4.63. The number of thiazole rings is 1. The summed E-state index contributed by atoms with van der Waals surface area (Å²) < 4.78 is 0. The van der Waals surface area contributed by atoms with Crippen LogP contribution in [0.15, 0.2) is 36.1 Å². The van der Waals surface area contributed by atoms with Crippen molar-refractivity contribution in [3.8, 4) is 10.7 Å². The van der Waals surface area contributed by atoms with Crippen molar-refractivity contribution in [1.29, 1.82) is 0 Å². The van der Waals surface area contributed by atoms with Crippen LogP contribution in [0, 0.1) is 0 Å². The van der Waals surface area contributed by atoms with Gasteiger partial charge in [-0.2, -0.15) is 4.98 Å². The van der Waals surface area contributed by atoms with E-state index in [1.165, 1.54) is 16.2 Å². The molecule has 0 spiro atoms. The average Bonchev–Trinajstić information content (AvgIpc) is 3.23. The van der Waals surface area contributed by atoms with Crippen LogP contribution in [0.5, 0.6) is 0 Å². The van der Waals surface area contributed by atoms with Crippen LogP contribution in [0.4, 0.5) is 11.8 Å². The normalized spacial score (nSPS) is 11.0. The van der Waals surface area contributed by atoms with Gasteiger partial charge < -0.3 is 11.1 Å². The fraction of sp³-hybridized carbons (Fsp3) is 0.0714. The lowest BCUT2D eigenvalue weighted by Gasteiger charge is -2.03. The second-order valence-corrected chi connectivity index (χ2v) is 6.64. The number of nitrogens with two attached hydrogens (primary N) is 1. The molecule has 0 aromatic carbocycles. The van der Waals surface area contributed by atoms with Crippen LogP contribution >= 0.6 is 22.7 Å². The Morgan fingerprint density at radius 1 is 1.17 bits per heavy atom. The highest BCUT2D eigenvalue weighted by Crippen LogP contribution is 2.30. The maximum absolute atomic E-state index is 6.02. The SMILES string of the molecule is Nc1nc(NCc2cccs2)nc2sc(-c3cnccn3)nc12. The third-order valence-corrected chi connectivity index (χ3v) is 4.92. The van der Waals surface area contributed by atoms with E-state index in [0.29, 0.717) is 29.5 Å². The van der Waals surface area contributed by atoms with Crippen molar-refractivity contribution in [2.24, 2.45) is 0 Å². The first-order chi connectivity index (χ1) is 11.3. The van der Waals surface area contributed by atoms with Gasteiger partial charge in [-0.25, -0.2) is 9.97 Å². The molecule has 0 unspecified atom stereocenters. The summed E-state index contributed by atoms with van der Waals surface area (Å²) in [5, 5.41) is 5.95. The summed E-state index contributed by atoms with van der Waals surface area (Å²) >= 11 is 3.10. The van der Waals surface area contributed by atoms with E-state index < -0.39 is 0 Å². The molecule has 4 rings (SSSR count). The molecule has 114 valence electrons. The van der Waals surface area contributed by atoms with Crippen molar-refractivity contribution in [2.45, 2.75) is 6.54 Å². The topological polar surface area (TPSA) is 102 Å². The minimum Gasteiger partial charge on any atom is -0.382 e. The van der Waals surface area contributed by atoms with Gasteiger partial charge in [-0.05, 0) is 11.4 Å². The smallest absolute Gasteiger partial charge is 0.226 e. The average molecular weight is 341 g/mol. The van der Waals surface area contributed by atoms with E-state index in [2.05, 4.69) is 36.3 Å². The Morgan fingerprint density at radius 2 is 2.13 bits per heavy atom. The van der Waals surface area contributed by atoms with Crippen LogP contribution in [-0.2, 0) is 6.54 Å². The molecule has 0 radical (unpaired) electrons. The lowest BCUT2D eigenvalue weighted by atomic mass is 10.4. The van der Waals surface area contributed by atoms with Gasteiger partial charge in [0.15, 0.2) is 10.6 Å². The van der Waals surface area contributed by atoms with Crippen molar-refractivity contribution >= 4 is 44.8 Å². The number of thiophene rings is 1. The summed E-state index contributed by atoms with van der Waals surface area (Å²) in [6.07, 6.45) is 4.92. The van der Waals surface area contributed by atoms with Gasteiger partial charge in [-0.1, -0.05) is 17.4 Å². The summed E-state index contributed by atoms with van der Waals surface area (Å²) in [7, 11) is 0. The first-order valence-electron chi connectivity index (χ1n) is 6.76. The number of fused-ring (bicyclic) bond motifs is 1. The number of nitrogen functional groups attached to an aromatic ring is 1. The second kappa shape index (κ2) is 5.86. The predicted molar refractivity (Wildman–Crippen MR) is 92.3 cm³/mol. The van der Waals surface area contributed by atoms with Crippen LogP contribution in [0.3, 0.4) is 0 Å². The Morgan fingerprint density at radius 3 is 2.91 bits per heavy atom. The fourth-order valence-electron chi connectivity index (χ4n) is 2.02. The molecule has 7 nitrogen and oxygen atoms in total. The molecular weight excluding hydrogens is 330 g/mol. The highest BCUT2D eigenvalue weighted by molar-refractivity contribution is 7.21. The third-order valence-electron chi connectivity index (χ3n) is 3.07.